The van der Waals surface area contributed by atoms with E-state index in [1.807, 2.05) is 30.3 Å². The molecular formula is C20H17FN2OS. The lowest BCUT2D eigenvalue weighted by Crippen LogP contribution is -2.26. The van der Waals surface area contributed by atoms with Gasteiger partial charge in [0.15, 0.2) is 0 Å². The van der Waals surface area contributed by atoms with E-state index >= 15 is 0 Å². The van der Waals surface area contributed by atoms with Gasteiger partial charge in [0.25, 0.3) is 5.91 Å². The third kappa shape index (κ3) is 4.25. The summed E-state index contributed by atoms with van der Waals surface area (Å²) in [7, 11) is 1.75. The van der Waals surface area contributed by atoms with Crippen LogP contribution in [0.15, 0.2) is 78.0 Å². The number of nitrogens with zero attached hydrogens (tertiary/aromatic N) is 2. The fourth-order valence-electron chi connectivity index (χ4n) is 2.35. The lowest BCUT2D eigenvalue weighted by atomic mass is 10.2. The number of amides is 1. The van der Waals surface area contributed by atoms with Crippen LogP contribution in [0, 0.1) is 5.82 Å². The largest absolute Gasteiger partial charge is 0.311 e. The molecule has 0 saturated heterocycles. The van der Waals surface area contributed by atoms with E-state index in [0.717, 1.165) is 11.3 Å². The Morgan fingerprint density at radius 2 is 1.76 bits per heavy atom. The minimum absolute atomic E-state index is 0.110. The van der Waals surface area contributed by atoms with E-state index in [1.165, 1.54) is 23.9 Å². The van der Waals surface area contributed by atoms with Crippen molar-refractivity contribution in [1.29, 1.82) is 0 Å². The predicted octanol–water partition coefficient (Wildman–Crippen LogP) is 4.79. The van der Waals surface area contributed by atoms with Gasteiger partial charge in [-0.25, -0.2) is 9.37 Å². The van der Waals surface area contributed by atoms with Gasteiger partial charge in [-0.3, -0.25) is 4.79 Å². The summed E-state index contributed by atoms with van der Waals surface area (Å²) in [6, 6.07) is 19.4. The summed E-state index contributed by atoms with van der Waals surface area (Å²) < 4.78 is 13.0. The molecule has 0 aliphatic carbocycles. The number of rotatable bonds is 5. The van der Waals surface area contributed by atoms with E-state index in [9.17, 15) is 9.18 Å². The Morgan fingerprint density at radius 3 is 2.48 bits per heavy atom. The van der Waals surface area contributed by atoms with Crippen molar-refractivity contribution in [2.24, 2.45) is 0 Å². The predicted molar refractivity (Wildman–Crippen MR) is 99.4 cm³/mol. The van der Waals surface area contributed by atoms with Crippen LogP contribution in [0.25, 0.3) is 0 Å². The molecule has 1 aromatic heterocycles. The van der Waals surface area contributed by atoms with Crippen LogP contribution < -0.4 is 4.90 Å². The molecule has 0 saturated carbocycles. The standard InChI is InChI=1S/C20H17FN2OS/c1-23(17-6-3-2-4-7-17)20(24)18-8-5-13-22-19(18)25-14-15-9-11-16(21)12-10-15/h2-13H,14H2,1H3. The molecule has 0 atom stereocenters. The van der Waals surface area contributed by atoms with Gasteiger partial charge in [0.2, 0.25) is 0 Å². The van der Waals surface area contributed by atoms with Gasteiger partial charge in [-0.05, 0) is 42.0 Å². The number of hydrogen-bond acceptors (Lipinski definition) is 3. The van der Waals surface area contributed by atoms with Crippen molar-refractivity contribution >= 4 is 23.4 Å². The highest BCUT2D eigenvalue weighted by atomic mass is 32.2. The highest BCUT2D eigenvalue weighted by Crippen LogP contribution is 2.26. The van der Waals surface area contributed by atoms with Crippen LogP contribution in [0.1, 0.15) is 15.9 Å². The molecule has 0 aliphatic heterocycles. The molecule has 5 heteroatoms. The van der Waals surface area contributed by atoms with Crippen molar-refractivity contribution in [3.63, 3.8) is 0 Å². The molecule has 3 rings (SSSR count). The molecule has 0 bridgehead atoms. The Hall–Kier alpha value is -2.66. The Balaban J connectivity index is 1.78. The first-order valence-electron chi connectivity index (χ1n) is 7.80. The second-order valence-electron chi connectivity index (χ2n) is 5.47. The second-order valence-corrected chi connectivity index (χ2v) is 6.44. The lowest BCUT2D eigenvalue weighted by molar-refractivity contribution is 0.0989. The van der Waals surface area contributed by atoms with E-state index in [1.54, 1.807) is 42.4 Å². The van der Waals surface area contributed by atoms with Crippen LogP contribution in [0.3, 0.4) is 0 Å². The van der Waals surface area contributed by atoms with E-state index in [0.29, 0.717) is 16.3 Å². The minimum atomic E-state index is -0.257. The molecule has 0 N–H and O–H groups in total. The molecule has 1 heterocycles. The first-order valence-corrected chi connectivity index (χ1v) is 8.79. The molecule has 1 amide bonds. The molecule has 0 fully saturated rings. The van der Waals surface area contributed by atoms with E-state index in [-0.39, 0.29) is 11.7 Å². The summed E-state index contributed by atoms with van der Waals surface area (Å²) in [5.41, 5.74) is 2.36. The fourth-order valence-corrected chi connectivity index (χ4v) is 3.29. The summed E-state index contributed by atoms with van der Waals surface area (Å²) in [4.78, 5) is 18.8. The minimum Gasteiger partial charge on any atom is -0.311 e. The number of para-hydroxylation sites is 1. The molecule has 0 radical (unpaired) electrons. The monoisotopic (exact) mass is 352 g/mol. The normalized spacial score (nSPS) is 10.5. The number of carbonyl (C=O) groups is 1. The smallest absolute Gasteiger partial charge is 0.260 e. The SMILES string of the molecule is CN(C(=O)c1cccnc1SCc1ccc(F)cc1)c1ccccc1. The highest BCUT2D eigenvalue weighted by Gasteiger charge is 2.18. The summed E-state index contributed by atoms with van der Waals surface area (Å²) in [5.74, 6) is 0.250. The van der Waals surface area contributed by atoms with E-state index < -0.39 is 0 Å². The summed E-state index contributed by atoms with van der Waals surface area (Å²) >= 11 is 1.47. The number of thioether (sulfide) groups is 1. The van der Waals surface area contributed by atoms with Gasteiger partial charge in [-0.15, -0.1) is 11.8 Å². The van der Waals surface area contributed by atoms with Crippen LogP contribution in [0.2, 0.25) is 0 Å². The number of benzene rings is 2. The average molecular weight is 352 g/mol. The maximum Gasteiger partial charge on any atom is 0.260 e. The van der Waals surface area contributed by atoms with Crippen LogP contribution >= 0.6 is 11.8 Å². The Bertz CT molecular complexity index is 853. The van der Waals surface area contributed by atoms with Crippen molar-refractivity contribution < 1.29 is 9.18 Å². The van der Waals surface area contributed by atoms with Gasteiger partial charge in [-0.2, -0.15) is 0 Å². The first-order chi connectivity index (χ1) is 12.1. The van der Waals surface area contributed by atoms with Gasteiger partial charge >= 0.3 is 0 Å². The number of anilines is 1. The van der Waals surface area contributed by atoms with Crippen molar-refractivity contribution in [3.8, 4) is 0 Å². The molecular weight excluding hydrogens is 335 g/mol. The Kier molecular flexibility index (Phi) is 5.46. The lowest BCUT2D eigenvalue weighted by Gasteiger charge is -2.18. The molecule has 0 aliphatic rings. The molecule has 2 aromatic carbocycles. The second kappa shape index (κ2) is 7.94. The van der Waals surface area contributed by atoms with Crippen molar-refractivity contribution in [2.45, 2.75) is 10.8 Å². The van der Waals surface area contributed by atoms with E-state index in [2.05, 4.69) is 4.98 Å². The zero-order valence-electron chi connectivity index (χ0n) is 13.7. The first kappa shape index (κ1) is 17.2. The van der Waals surface area contributed by atoms with Gasteiger partial charge in [-0.1, -0.05) is 30.3 Å². The van der Waals surface area contributed by atoms with Gasteiger partial charge in [0, 0.05) is 24.7 Å². The topological polar surface area (TPSA) is 33.2 Å². The van der Waals surface area contributed by atoms with E-state index in [4.69, 9.17) is 0 Å². The Labute approximate surface area is 150 Å². The molecule has 3 aromatic rings. The van der Waals surface area contributed by atoms with Crippen molar-refractivity contribution in [3.05, 3.63) is 89.9 Å². The van der Waals surface area contributed by atoms with Crippen LogP contribution in [0.5, 0.6) is 0 Å². The number of pyridine rings is 1. The molecule has 0 spiro atoms. The van der Waals surface area contributed by atoms with Gasteiger partial charge in [0.1, 0.15) is 10.8 Å². The van der Waals surface area contributed by atoms with Crippen molar-refractivity contribution in [2.75, 3.05) is 11.9 Å². The van der Waals surface area contributed by atoms with Crippen molar-refractivity contribution in [1.82, 2.24) is 4.98 Å². The van der Waals surface area contributed by atoms with Gasteiger partial charge < -0.3 is 4.90 Å². The third-order valence-corrected chi connectivity index (χ3v) is 4.81. The molecule has 25 heavy (non-hydrogen) atoms. The number of carbonyl (C=O) groups excluding carboxylic acids is 1. The summed E-state index contributed by atoms with van der Waals surface area (Å²) in [6.07, 6.45) is 1.67. The quantitative estimate of drug-likeness (QED) is 0.619. The number of aromatic nitrogens is 1. The fraction of sp³-hybridized carbons (Fsp3) is 0.100. The van der Waals surface area contributed by atoms with Crippen LogP contribution in [-0.2, 0) is 5.75 Å². The van der Waals surface area contributed by atoms with Gasteiger partial charge in [0.05, 0.1) is 5.56 Å². The Morgan fingerprint density at radius 1 is 1.04 bits per heavy atom. The third-order valence-electron chi connectivity index (χ3n) is 3.74. The zero-order chi connectivity index (χ0) is 17.6. The van der Waals surface area contributed by atoms with Crippen LogP contribution in [0.4, 0.5) is 10.1 Å². The number of hydrogen-bond donors (Lipinski definition) is 0. The number of halogens is 1. The summed E-state index contributed by atoms with van der Waals surface area (Å²) in [5, 5.41) is 0.666. The van der Waals surface area contributed by atoms with Crippen LogP contribution in [-0.4, -0.2) is 17.9 Å². The average Bonchev–Trinajstić information content (AvgIpc) is 2.67. The summed E-state index contributed by atoms with van der Waals surface area (Å²) in [6.45, 7) is 0. The maximum atomic E-state index is 13.0. The molecule has 126 valence electrons. The zero-order valence-corrected chi connectivity index (χ0v) is 14.5. The molecule has 0 unspecified atom stereocenters. The highest BCUT2D eigenvalue weighted by molar-refractivity contribution is 7.98. The maximum absolute atomic E-state index is 13.0. The molecule has 3 nitrogen and oxygen atoms in total.